The molecule has 8 nitrogen and oxygen atoms in total. The maximum absolute atomic E-state index is 12.7. The molecule has 0 aliphatic heterocycles. The number of methoxy groups -OCH3 is 2. The number of anilines is 3. The molecule has 0 fully saturated rings. The number of nitrogens with one attached hydrogen (secondary N) is 3. The van der Waals surface area contributed by atoms with E-state index in [2.05, 4.69) is 41.4 Å². The molecule has 2 amide bonds. The summed E-state index contributed by atoms with van der Waals surface area (Å²) in [5.41, 5.74) is 3.43. The first-order chi connectivity index (χ1) is 16.6. The van der Waals surface area contributed by atoms with E-state index in [1.165, 1.54) is 0 Å². The molecular weight excluding hydrogens is 498 g/mol. The number of aromatic nitrogens is 2. The Labute approximate surface area is 206 Å². The minimum atomic E-state index is -0.349. The Morgan fingerprint density at radius 1 is 1.06 bits per heavy atom. The number of nitrogens with zero attached hydrogens (tertiary/aromatic N) is 2. The molecule has 2 heterocycles. The molecule has 176 valence electrons. The second kappa shape index (κ2) is 11.0. The molecule has 0 bridgehead atoms. The second-order valence-electron chi connectivity index (χ2n) is 7.57. The summed E-state index contributed by atoms with van der Waals surface area (Å²) >= 11 is 3.42. The third-order valence-electron chi connectivity index (χ3n) is 5.26. The minimum Gasteiger partial charge on any atom is -0.495 e. The van der Waals surface area contributed by atoms with Crippen molar-refractivity contribution in [2.45, 2.75) is 6.54 Å². The quantitative estimate of drug-likeness (QED) is 0.250. The van der Waals surface area contributed by atoms with Gasteiger partial charge >= 0.3 is 6.03 Å². The van der Waals surface area contributed by atoms with Crippen LogP contribution in [0.1, 0.15) is 5.56 Å². The van der Waals surface area contributed by atoms with Gasteiger partial charge in [0.2, 0.25) is 0 Å². The number of pyridine rings is 1. The topological polar surface area (TPSA) is 89.4 Å². The van der Waals surface area contributed by atoms with Crippen LogP contribution in [0.5, 0.6) is 5.75 Å². The summed E-state index contributed by atoms with van der Waals surface area (Å²) in [4.78, 5) is 17.1. The molecule has 0 aliphatic rings. The van der Waals surface area contributed by atoms with Crippen molar-refractivity contribution < 1.29 is 14.3 Å². The molecule has 2 aromatic heterocycles. The van der Waals surface area contributed by atoms with E-state index in [4.69, 9.17) is 9.47 Å². The zero-order valence-corrected chi connectivity index (χ0v) is 20.6. The highest BCUT2D eigenvalue weighted by Gasteiger charge is 2.12. The fourth-order valence-corrected chi connectivity index (χ4v) is 4.03. The lowest BCUT2D eigenvalue weighted by molar-refractivity contribution is 0.210. The average Bonchev–Trinajstić information content (AvgIpc) is 3.23. The van der Waals surface area contributed by atoms with E-state index in [0.29, 0.717) is 31.1 Å². The molecular formula is C25H26BrN5O3. The summed E-state index contributed by atoms with van der Waals surface area (Å²) < 4.78 is 13.4. The molecule has 0 atom stereocenters. The SMILES string of the molecule is COCCNc1cc(Cn2ccc3c(NC(=O)Nc4cc(Br)ccc4OC)cccc32)ccn1. The van der Waals surface area contributed by atoms with Gasteiger partial charge in [-0.15, -0.1) is 0 Å². The number of ether oxygens (including phenoxy) is 2. The predicted molar refractivity (Wildman–Crippen MR) is 139 cm³/mol. The summed E-state index contributed by atoms with van der Waals surface area (Å²) in [5.74, 6) is 1.39. The Hall–Kier alpha value is -3.56. The number of rotatable bonds is 9. The van der Waals surface area contributed by atoms with Gasteiger partial charge in [0.25, 0.3) is 0 Å². The molecule has 0 saturated carbocycles. The predicted octanol–water partition coefficient (Wildman–Crippen LogP) is 5.56. The van der Waals surface area contributed by atoms with Crippen molar-refractivity contribution in [1.29, 1.82) is 0 Å². The third kappa shape index (κ3) is 5.67. The van der Waals surface area contributed by atoms with Crippen LogP contribution in [0.4, 0.5) is 22.0 Å². The lowest BCUT2D eigenvalue weighted by atomic mass is 10.2. The lowest BCUT2D eigenvalue weighted by Crippen LogP contribution is -2.20. The highest BCUT2D eigenvalue weighted by molar-refractivity contribution is 9.10. The van der Waals surface area contributed by atoms with Crippen LogP contribution in [0.25, 0.3) is 10.9 Å². The van der Waals surface area contributed by atoms with Crippen molar-refractivity contribution in [3.63, 3.8) is 0 Å². The Bertz CT molecular complexity index is 1290. The largest absolute Gasteiger partial charge is 0.495 e. The van der Waals surface area contributed by atoms with E-state index in [1.54, 1.807) is 32.5 Å². The van der Waals surface area contributed by atoms with Crippen molar-refractivity contribution in [1.82, 2.24) is 9.55 Å². The molecule has 0 saturated heterocycles. The maximum atomic E-state index is 12.7. The molecule has 0 spiro atoms. The van der Waals surface area contributed by atoms with E-state index in [-0.39, 0.29) is 6.03 Å². The molecule has 3 N–H and O–H groups in total. The van der Waals surface area contributed by atoms with Crippen molar-refractivity contribution in [3.05, 3.63) is 77.0 Å². The van der Waals surface area contributed by atoms with Gasteiger partial charge in [0, 0.05) is 42.5 Å². The van der Waals surface area contributed by atoms with Crippen LogP contribution < -0.4 is 20.7 Å². The minimum absolute atomic E-state index is 0.349. The first kappa shape index (κ1) is 23.6. The average molecular weight is 524 g/mol. The Morgan fingerprint density at radius 2 is 1.91 bits per heavy atom. The maximum Gasteiger partial charge on any atom is 0.323 e. The number of benzene rings is 2. The molecule has 34 heavy (non-hydrogen) atoms. The first-order valence-corrected chi connectivity index (χ1v) is 11.5. The van der Waals surface area contributed by atoms with Crippen LogP contribution in [0, 0.1) is 0 Å². The highest BCUT2D eigenvalue weighted by atomic mass is 79.9. The van der Waals surface area contributed by atoms with Crippen LogP contribution in [-0.4, -0.2) is 43.0 Å². The standard InChI is InChI=1S/C25H26BrN5O3/c1-33-13-11-28-24-14-17(8-10-27-24)16-31-12-9-19-20(4-3-5-22(19)31)29-25(32)30-21-15-18(26)6-7-23(21)34-2/h3-10,12,14-15H,11,13,16H2,1-2H3,(H,27,28)(H2,29,30,32). The number of fused-ring (bicyclic) bond motifs is 1. The normalized spacial score (nSPS) is 10.8. The van der Waals surface area contributed by atoms with E-state index in [1.807, 2.05) is 48.7 Å². The summed E-state index contributed by atoms with van der Waals surface area (Å²) in [5, 5.41) is 10.0. The zero-order chi connectivity index (χ0) is 23.9. The summed E-state index contributed by atoms with van der Waals surface area (Å²) in [7, 11) is 3.24. The van der Waals surface area contributed by atoms with Crippen molar-refractivity contribution >= 4 is 50.1 Å². The van der Waals surface area contributed by atoms with Gasteiger partial charge in [0.15, 0.2) is 0 Å². The highest BCUT2D eigenvalue weighted by Crippen LogP contribution is 2.29. The van der Waals surface area contributed by atoms with Crippen molar-refractivity contribution in [3.8, 4) is 5.75 Å². The third-order valence-corrected chi connectivity index (χ3v) is 5.75. The lowest BCUT2D eigenvalue weighted by Gasteiger charge is -2.13. The number of carbonyl (C=O) groups is 1. The summed E-state index contributed by atoms with van der Waals surface area (Å²) in [6, 6.07) is 17.0. The molecule has 0 unspecified atom stereocenters. The van der Waals surface area contributed by atoms with Gasteiger partial charge in [-0.05, 0) is 54.1 Å². The number of halogens is 1. The van der Waals surface area contributed by atoms with Crippen molar-refractivity contribution in [2.24, 2.45) is 0 Å². The molecule has 4 rings (SSSR count). The monoisotopic (exact) mass is 523 g/mol. The Balaban J connectivity index is 1.49. The fourth-order valence-electron chi connectivity index (χ4n) is 3.67. The van der Waals surface area contributed by atoms with E-state index >= 15 is 0 Å². The molecule has 9 heteroatoms. The Kier molecular flexibility index (Phi) is 7.66. The summed E-state index contributed by atoms with van der Waals surface area (Å²) in [6.45, 7) is 1.99. The van der Waals surface area contributed by atoms with Crippen LogP contribution in [0.2, 0.25) is 0 Å². The number of hydrogen-bond donors (Lipinski definition) is 3. The molecule has 0 radical (unpaired) electrons. The van der Waals surface area contributed by atoms with Crippen LogP contribution in [0.3, 0.4) is 0 Å². The molecule has 0 aliphatic carbocycles. The molecule has 4 aromatic rings. The van der Waals surface area contributed by atoms with Gasteiger partial charge in [-0.25, -0.2) is 9.78 Å². The van der Waals surface area contributed by atoms with E-state index in [9.17, 15) is 4.79 Å². The number of amides is 2. The van der Waals surface area contributed by atoms with Gasteiger partial charge in [-0.2, -0.15) is 0 Å². The Morgan fingerprint density at radius 3 is 2.74 bits per heavy atom. The second-order valence-corrected chi connectivity index (χ2v) is 8.49. The van der Waals surface area contributed by atoms with Crippen LogP contribution in [0.15, 0.2) is 71.5 Å². The first-order valence-electron chi connectivity index (χ1n) is 10.7. The number of hydrogen-bond acceptors (Lipinski definition) is 5. The van der Waals surface area contributed by atoms with Gasteiger partial charge in [-0.3, -0.25) is 0 Å². The van der Waals surface area contributed by atoms with E-state index < -0.39 is 0 Å². The van der Waals surface area contributed by atoms with E-state index in [0.717, 1.165) is 32.4 Å². The van der Waals surface area contributed by atoms with Crippen LogP contribution in [-0.2, 0) is 11.3 Å². The van der Waals surface area contributed by atoms with Crippen LogP contribution >= 0.6 is 15.9 Å². The fraction of sp³-hybridized carbons (Fsp3) is 0.200. The van der Waals surface area contributed by atoms with Gasteiger partial charge in [-0.1, -0.05) is 22.0 Å². The van der Waals surface area contributed by atoms with Gasteiger partial charge in [0.1, 0.15) is 11.6 Å². The molecule has 2 aromatic carbocycles. The summed E-state index contributed by atoms with van der Waals surface area (Å²) in [6.07, 6.45) is 3.81. The smallest absolute Gasteiger partial charge is 0.323 e. The zero-order valence-electron chi connectivity index (χ0n) is 19.0. The van der Waals surface area contributed by atoms with Gasteiger partial charge in [0.05, 0.1) is 30.6 Å². The number of carbonyl (C=O) groups excluding carboxylic acids is 1. The van der Waals surface area contributed by atoms with Crippen molar-refractivity contribution in [2.75, 3.05) is 43.3 Å². The van der Waals surface area contributed by atoms with Gasteiger partial charge < -0.3 is 30.0 Å². The number of urea groups is 1.